The van der Waals surface area contributed by atoms with Gasteiger partial charge in [-0.2, -0.15) is 0 Å². The molecule has 0 aromatic rings. The quantitative estimate of drug-likeness (QED) is 0.687. The lowest BCUT2D eigenvalue weighted by atomic mass is 10.00. The SMILES string of the molecule is CCOCCCNC1C[C@@H](C)O[C@@H](C)C1. The molecule has 0 spiro atoms. The van der Waals surface area contributed by atoms with Crippen LogP contribution in [-0.2, 0) is 9.47 Å². The Labute approximate surface area is 93.5 Å². The third-order valence-corrected chi connectivity index (χ3v) is 2.80. The fraction of sp³-hybridized carbons (Fsp3) is 1.00. The van der Waals surface area contributed by atoms with Gasteiger partial charge in [0.1, 0.15) is 0 Å². The molecule has 3 atom stereocenters. The lowest BCUT2D eigenvalue weighted by Crippen LogP contribution is -2.41. The molecule has 15 heavy (non-hydrogen) atoms. The summed E-state index contributed by atoms with van der Waals surface area (Å²) in [7, 11) is 0. The molecule has 1 rings (SSSR count). The summed E-state index contributed by atoms with van der Waals surface area (Å²) in [5, 5.41) is 3.58. The fourth-order valence-electron chi connectivity index (χ4n) is 2.20. The van der Waals surface area contributed by atoms with E-state index in [0.29, 0.717) is 18.2 Å². The highest BCUT2D eigenvalue weighted by atomic mass is 16.5. The first-order valence-corrected chi connectivity index (χ1v) is 6.19. The summed E-state index contributed by atoms with van der Waals surface area (Å²) in [6.45, 7) is 9.11. The molecule has 0 amide bonds. The minimum absolute atomic E-state index is 0.401. The van der Waals surface area contributed by atoms with Crippen LogP contribution in [0.1, 0.15) is 40.0 Å². The molecular weight excluding hydrogens is 190 g/mol. The fourth-order valence-corrected chi connectivity index (χ4v) is 2.20. The van der Waals surface area contributed by atoms with Crippen molar-refractivity contribution in [3.8, 4) is 0 Å². The standard InChI is InChI=1S/C12H25NO2/c1-4-14-7-5-6-13-12-8-10(2)15-11(3)9-12/h10-13H,4-9H2,1-3H3/t10-,11+,12?. The van der Waals surface area contributed by atoms with Crippen molar-refractivity contribution in [1.29, 1.82) is 0 Å². The van der Waals surface area contributed by atoms with Crippen molar-refractivity contribution in [3.63, 3.8) is 0 Å². The Balaban J connectivity index is 2.04. The van der Waals surface area contributed by atoms with E-state index in [4.69, 9.17) is 9.47 Å². The second kappa shape index (κ2) is 7.20. The Kier molecular flexibility index (Phi) is 6.22. The molecule has 1 unspecified atom stereocenters. The monoisotopic (exact) mass is 215 g/mol. The summed E-state index contributed by atoms with van der Waals surface area (Å²) in [6, 6.07) is 0.630. The summed E-state index contributed by atoms with van der Waals surface area (Å²) in [6.07, 6.45) is 4.18. The van der Waals surface area contributed by atoms with E-state index in [1.54, 1.807) is 0 Å². The Bertz CT molecular complexity index is 154. The van der Waals surface area contributed by atoms with Crippen LogP contribution in [0.3, 0.4) is 0 Å². The van der Waals surface area contributed by atoms with Crippen molar-refractivity contribution in [2.45, 2.75) is 58.3 Å². The van der Waals surface area contributed by atoms with Gasteiger partial charge >= 0.3 is 0 Å². The van der Waals surface area contributed by atoms with Crippen LogP contribution in [0.2, 0.25) is 0 Å². The molecule has 1 aliphatic heterocycles. The van der Waals surface area contributed by atoms with Gasteiger partial charge in [0.15, 0.2) is 0 Å². The second-order valence-corrected chi connectivity index (χ2v) is 4.43. The van der Waals surface area contributed by atoms with Crippen LogP contribution in [0, 0.1) is 0 Å². The lowest BCUT2D eigenvalue weighted by Gasteiger charge is -2.32. The van der Waals surface area contributed by atoms with Gasteiger partial charge in [0, 0.05) is 19.3 Å². The van der Waals surface area contributed by atoms with Crippen molar-refractivity contribution >= 4 is 0 Å². The second-order valence-electron chi connectivity index (χ2n) is 4.43. The minimum Gasteiger partial charge on any atom is -0.382 e. The highest BCUT2D eigenvalue weighted by molar-refractivity contribution is 4.78. The van der Waals surface area contributed by atoms with Crippen molar-refractivity contribution in [2.24, 2.45) is 0 Å². The van der Waals surface area contributed by atoms with Gasteiger partial charge in [-0.3, -0.25) is 0 Å². The summed E-state index contributed by atoms with van der Waals surface area (Å²) in [4.78, 5) is 0. The topological polar surface area (TPSA) is 30.5 Å². The predicted molar refractivity (Wildman–Crippen MR) is 62.1 cm³/mol. The molecule has 1 heterocycles. The van der Waals surface area contributed by atoms with Crippen LogP contribution < -0.4 is 5.32 Å². The molecule has 0 bridgehead atoms. The number of hydrogen-bond donors (Lipinski definition) is 1. The molecular formula is C12H25NO2. The van der Waals surface area contributed by atoms with E-state index in [0.717, 1.165) is 39.0 Å². The third kappa shape index (κ3) is 5.50. The summed E-state index contributed by atoms with van der Waals surface area (Å²) in [5.41, 5.74) is 0. The number of rotatable bonds is 6. The maximum Gasteiger partial charge on any atom is 0.0565 e. The van der Waals surface area contributed by atoms with Crippen LogP contribution in [0.4, 0.5) is 0 Å². The summed E-state index contributed by atoms with van der Waals surface area (Å²) >= 11 is 0. The molecule has 0 saturated carbocycles. The van der Waals surface area contributed by atoms with E-state index in [2.05, 4.69) is 19.2 Å². The van der Waals surface area contributed by atoms with Gasteiger partial charge in [0.25, 0.3) is 0 Å². The first-order valence-electron chi connectivity index (χ1n) is 6.19. The lowest BCUT2D eigenvalue weighted by molar-refractivity contribution is -0.0421. The molecule has 0 aliphatic carbocycles. The first kappa shape index (κ1) is 12.9. The van der Waals surface area contributed by atoms with Gasteiger partial charge in [-0.15, -0.1) is 0 Å². The Morgan fingerprint density at radius 1 is 1.27 bits per heavy atom. The van der Waals surface area contributed by atoms with Crippen LogP contribution >= 0.6 is 0 Å². The van der Waals surface area contributed by atoms with E-state index in [1.165, 1.54) is 0 Å². The molecule has 0 aromatic heterocycles. The van der Waals surface area contributed by atoms with Crippen LogP contribution in [0.15, 0.2) is 0 Å². The van der Waals surface area contributed by atoms with Crippen molar-refractivity contribution in [3.05, 3.63) is 0 Å². The molecule has 0 radical (unpaired) electrons. The molecule has 1 aliphatic rings. The summed E-state index contributed by atoms with van der Waals surface area (Å²) in [5.74, 6) is 0. The number of hydrogen-bond acceptors (Lipinski definition) is 3. The molecule has 3 nitrogen and oxygen atoms in total. The highest BCUT2D eigenvalue weighted by Gasteiger charge is 2.23. The van der Waals surface area contributed by atoms with Gasteiger partial charge < -0.3 is 14.8 Å². The van der Waals surface area contributed by atoms with E-state index in [-0.39, 0.29) is 0 Å². The summed E-state index contributed by atoms with van der Waals surface area (Å²) < 4.78 is 11.0. The molecule has 1 N–H and O–H groups in total. The van der Waals surface area contributed by atoms with Crippen LogP contribution in [0.25, 0.3) is 0 Å². The predicted octanol–water partition coefficient (Wildman–Crippen LogP) is 1.96. The number of nitrogens with one attached hydrogen (secondary N) is 1. The molecule has 0 aromatic carbocycles. The third-order valence-electron chi connectivity index (χ3n) is 2.80. The molecule has 1 saturated heterocycles. The van der Waals surface area contributed by atoms with Crippen molar-refractivity contribution < 1.29 is 9.47 Å². The average Bonchev–Trinajstić information content (AvgIpc) is 2.16. The zero-order valence-electron chi connectivity index (χ0n) is 10.3. The molecule has 90 valence electrons. The van der Waals surface area contributed by atoms with Gasteiger partial charge in [0.05, 0.1) is 12.2 Å². The van der Waals surface area contributed by atoms with Gasteiger partial charge in [-0.1, -0.05) is 0 Å². The zero-order chi connectivity index (χ0) is 11.1. The van der Waals surface area contributed by atoms with E-state index < -0.39 is 0 Å². The van der Waals surface area contributed by atoms with Gasteiger partial charge in [0.2, 0.25) is 0 Å². The van der Waals surface area contributed by atoms with Gasteiger partial charge in [-0.25, -0.2) is 0 Å². The van der Waals surface area contributed by atoms with Crippen molar-refractivity contribution in [1.82, 2.24) is 5.32 Å². The average molecular weight is 215 g/mol. The Morgan fingerprint density at radius 3 is 2.53 bits per heavy atom. The minimum atomic E-state index is 0.401. The Hall–Kier alpha value is -0.120. The molecule has 1 fully saturated rings. The smallest absolute Gasteiger partial charge is 0.0565 e. The Morgan fingerprint density at radius 2 is 1.93 bits per heavy atom. The van der Waals surface area contributed by atoms with E-state index in [1.807, 2.05) is 6.92 Å². The van der Waals surface area contributed by atoms with E-state index in [9.17, 15) is 0 Å². The highest BCUT2D eigenvalue weighted by Crippen LogP contribution is 2.18. The van der Waals surface area contributed by atoms with Gasteiger partial charge in [-0.05, 0) is 46.6 Å². The van der Waals surface area contributed by atoms with Crippen LogP contribution in [0.5, 0.6) is 0 Å². The van der Waals surface area contributed by atoms with E-state index >= 15 is 0 Å². The maximum atomic E-state index is 5.70. The maximum absolute atomic E-state index is 5.70. The molecule has 3 heteroatoms. The number of ether oxygens (including phenoxy) is 2. The van der Waals surface area contributed by atoms with Crippen molar-refractivity contribution in [2.75, 3.05) is 19.8 Å². The first-order chi connectivity index (χ1) is 7.22. The van der Waals surface area contributed by atoms with Crippen LogP contribution in [-0.4, -0.2) is 38.0 Å². The normalized spacial score (nSPS) is 31.8. The largest absolute Gasteiger partial charge is 0.382 e. The zero-order valence-corrected chi connectivity index (χ0v) is 10.3.